The molecule has 2 N–H and O–H groups in total. The summed E-state index contributed by atoms with van der Waals surface area (Å²) in [6, 6.07) is 7.09. The first-order valence-electron chi connectivity index (χ1n) is 7.03. The number of halogens is 1. The van der Waals surface area contributed by atoms with Gasteiger partial charge < -0.3 is 15.3 Å². The Kier molecular flexibility index (Phi) is 5.76. The molecule has 0 saturated carbocycles. The van der Waals surface area contributed by atoms with Crippen LogP contribution in [0.25, 0.3) is 0 Å². The lowest BCUT2D eigenvalue weighted by Gasteiger charge is -2.31. The third-order valence-corrected chi connectivity index (χ3v) is 4.34. The summed E-state index contributed by atoms with van der Waals surface area (Å²) in [6.07, 6.45) is 1.85. The smallest absolute Gasteiger partial charge is 0.252 e. The first-order chi connectivity index (χ1) is 10.1. The number of hydrogen-bond acceptors (Lipinski definition) is 3. The molecule has 5 nitrogen and oxygen atoms in total. The molecule has 21 heavy (non-hydrogen) atoms. The van der Waals surface area contributed by atoms with Gasteiger partial charge in [-0.15, -0.1) is 0 Å². The molecule has 1 fully saturated rings. The van der Waals surface area contributed by atoms with E-state index in [1.807, 2.05) is 6.07 Å². The number of benzene rings is 1. The largest absolute Gasteiger partial charge is 0.396 e. The van der Waals surface area contributed by atoms with Crippen LogP contribution in [0.3, 0.4) is 0 Å². The summed E-state index contributed by atoms with van der Waals surface area (Å²) in [4.78, 5) is 25.8. The van der Waals surface area contributed by atoms with Gasteiger partial charge in [-0.1, -0.05) is 12.1 Å². The van der Waals surface area contributed by atoms with E-state index in [0.717, 1.165) is 12.8 Å². The van der Waals surface area contributed by atoms with Crippen molar-refractivity contribution in [3.63, 3.8) is 0 Å². The van der Waals surface area contributed by atoms with Crippen LogP contribution in [0, 0.1) is 5.92 Å². The molecule has 2 rings (SSSR count). The van der Waals surface area contributed by atoms with Gasteiger partial charge in [0.2, 0.25) is 5.91 Å². The Morgan fingerprint density at radius 3 is 2.86 bits per heavy atom. The normalized spacial score (nSPS) is 18.4. The number of amides is 2. The van der Waals surface area contributed by atoms with E-state index in [4.69, 9.17) is 0 Å². The van der Waals surface area contributed by atoms with E-state index >= 15 is 0 Å². The quantitative estimate of drug-likeness (QED) is 0.858. The van der Waals surface area contributed by atoms with Crippen molar-refractivity contribution < 1.29 is 14.7 Å². The summed E-state index contributed by atoms with van der Waals surface area (Å²) in [7, 11) is 0. The van der Waals surface area contributed by atoms with Crippen LogP contribution in [0.4, 0.5) is 0 Å². The van der Waals surface area contributed by atoms with Crippen molar-refractivity contribution in [2.75, 3.05) is 26.2 Å². The summed E-state index contributed by atoms with van der Waals surface area (Å²) in [5.74, 6) is -0.221. The van der Waals surface area contributed by atoms with E-state index < -0.39 is 0 Å². The van der Waals surface area contributed by atoms with Gasteiger partial charge in [0.05, 0.1) is 12.1 Å². The van der Waals surface area contributed by atoms with Gasteiger partial charge in [0.15, 0.2) is 0 Å². The zero-order chi connectivity index (χ0) is 15.2. The third-order valence-electron chi connectivity index (χ3n) is 3.65. The molecule has 0 bridgehead atoms. The second-order valence-electron chi connectivity index (χ2n) is 5.19. The zero-order valence-corrected chi connectivity index (χ0v) is 13.3. The third kappa shape index (κ3) is 4.28. The molecule has 1 heterocycles. The molecule has 1 atom stereocenters. The Morgan fingerprint density at radius 1 is 1.38 bits per heavy atom. The fourth-order valence-electron chi connectivity index (χ4n) is 2.45. The number of aliphatic hydroxyl groups is 1. The van der Waals surface area contributed by atoms with Crippen molar-refractivity contribution in [1.29, 1.82) is 0 Å². The van der Waals surface area contributed by atoms with E-state index in [-0.39, 0.29) is 30.9 Å². The maximum absolute atomic E-state index is 12.1. The monoisotopic (exact) mass is 354 g/mol. The highest BCUT2D eigenvalue weighted by atomic mass is 79.9. The molecular formula is C15H19BrN2O3. The lowest BCUT2D eigenvalue weighted by Crippen LogP contribution is -2.45. The van der Waals surface area contributed by atoms with Gasteiger partial charge in [-0.25, -0.2) is 0 Å². The molecule has 0 aliphatic carbocycles. The van der Waals surface area contributed by atoms with Gasteiger partial charge in [-0.05, 0) is 46.8 Å². The SMILES string of the molecule is O=C(NCC(=O)N1CCCC(CO)C1)c1ccccc1Br. The number of rotatable bonds is 4. The number of piperidine rings is 1. The van der Waals surface area contributed by atoms with Crippen LogP contribution >= 0.6 is 15.9 Å². The molecule has 0 radical (unpaired) electrons. The van der Waals surface area contributed by atoms with Crippen LogP contribution in [-0.4, -0.2) is 48.1 Å². The number of likely N-dealkylation sites (tertiary alicyclic amines) is 1. The molecule has 114 valence electrons. The Hall–Kier alpha value is -1.40. The average molecular weight is 355 g/mol. The molecule has 0 spiro atoms. The number of nitrogens with one attached hydrogen (secondary N) is 1. The summed E-state index contributed by atoms with van der Waals surface area (Å²) in [5, 5.41) is 11.8. The maximum atomic E-state index is 12.1. The van der Waals surface area contributed by atoms with Crippen molar-refractivity contribution >= 4 is 27.7 Å². The fraction of sp³-hybridized carbons (Fsp3) is 0.467. The van der Waals surface area contributed by atoms with Gasteiger partial charge in [-0.2, -0.15) is 0 Å². The minimum absolute atomic E-state index is 0.0156. The molecule has 0 aromatic heterocycles. The average Bonchev–Trinajstić information content (AvgIpc) is 2.52. The standard InChI is InChI=1S/C15H19BrN2O3/c16-13-6-2-1-5-12(13)15(21)17-8-14(20)18-7-3-4-11(9-18)10-19/h1-2,5-6,11,19H,3-4,7-10H2,(H,17,21). The maximum Gasteiger partial charge on any atom is 0.252 e. The Bertz CT molecular complexity index is 521. The molecular weight excluding hydrogens is 336 g/mol. The van der Waals surface area contributed by atoms with Crippen molar-refractivity contribution in [3.8, 4) is 0 Å². The van der Waals surface area contributed by atoms with Crippen molar-refractivity contribution in [3.05, 3.63) is 34.3 Å². The molecule has 1 unspecified atom stereocenters. The van der Waals surface area contributed by atoms with Crippen molar-refractivity contribution in [1.82, 2.24) is 10.2 Å². The van der Waals surface area contributed by atoms with Crippen molar-refractivity contribution in [2.45, 2.75) is 12.8 Å². The fourth-order valence-corrected chi connectivity index (χ4v) is 2.91. The van der Waals surface area contributed by atoms with E-state index in [1.54, 1.807) is 23.1 Å². The highest BCUT2D eigenvalue weighted by Gasteiger charge is 2.23. The number of hydrogen-bond donors (Lipinski definition) is 2. The van der Waals surface area contributed by atoms with Gasteiger partial charge in [-0.3, -0.25) is 9.59 Å². The second-order valence-corrected chi connectivity index (χ2v) is 6.05. The molecule has 1 aromatic carbocycles. The zero-order valence-electron chi connectivity index (χ0n) is 11.7. The highest BCUT2D eigenvalue weighted by Crippen LogP contribution is 2.16. The molecule has 1 aliphatic rings. The van der Waals surface area contributed by atoms with Crippen molar-refractivity contribution in [2.24, 2.45) is 5.92 Å². The lowest BCUT2D eigenvalue weighted by molar-refractivity contribution is -0.132. The van der Waals surface area contributed by atoms with E-state index in [9.17, 15) is 14.7 Å². The second kappa shape index (κ2) is 7.56. The first-order valence-corrected chi connectivity index (χ1v) is 7.82. The number of nitrogens with zero attached hydrogens (tertiary/aromatic N) is 1. The predicted octanol–water partition coefficient (Wildman–Crippen LogP) is 1.41. The molecule has 2 amide bonds. The molecule has 1 aromatic rings. The van der Waals surface area contributed by atoms with Crippen LogP contribution in [-0.2, 0) is 4.79 Å². The van der Waals surface area contributed by atoms with Gasteiger partial charge in [0, 0.05) is 24.2 Å². The van der Waals surface area contributed by atoms with E-state index in [1.165, 1.54) is 0 Å². The van der Waals surface area contributed by atoms with Gasteiger partial charge >= 0.3 is 0 Å². The molecule has 1 aliphatic heterocycles. The molecule has 1 saturated heterocycles. The topological polar surface area (TPSA) is 69.6 Å². The van der Waals surface area contributed by atoms with E-state index in [0.29, 0.717) is 23.1 Å². The van der Waals surface area contributed by atoms with Crippen LogP contribution in [0.1, 0.15) is 23.2 Å². The minimum Gasteiger partial charge on any atom is -0.396 e. The van der Waals surface area contributed by atoms with Crippen LogP contribution < -0.4 is 5.32 Å². The minimum atomic E-state index is -0.272. The Morgan fingerprint density at radius 2 is 2.14 bits per heavy atom. The number of carbonyl (C=O) groups excluding carboxylic acids is 2. The summed E-state index contributed by atoms with van der Waals surface area (Å²) in [6.45, 7) is 1.35. The van der Waals surface area contributed by atoms with Crippen LogP contribution in [0.5, 0.6) is 0 Å². The van der Waals surface area contributed by atoms with Gasteiger partial charge in [0.25, 0.3) is 5.91 Å². The Balaban J connectivity index is 1.86. The summed E-state index contributed by atoms with van der Waals surface area (Å²) < 4.78 is 0.702. The highest BCUT2D eigenvalue weighted by molar-refractivity contribution is 9.10. The van der Waals surface area contributed by atoms with Crippen LogP contribution in [0.15, 0.2) is 28.7 Å². The summed E-state index contributed by atoms with van der Waals surface area (Å²) >= 11 is 3.31. The number of carbonyl (C=O) groups is 2. The summed E-state index contributed by atoms with van der Waals surface area (Å²) in [5.41, 5.74) is 0.511. The van der Waals surface area contributed by atoms with Gasteiger partial charge in [0.1, 0.15) is 0 Å². The van der Waals surface area contributed by atoms with E-state index in [2.05, 4.69) is 21.2 Å². The predicted molar refractivity (Wildman–Crippen MR) is 82.9 cm³/mol. The Labute approximate surface area is 132 Å². The lowest BCUT2D eigenvalue weighted by atomic mass is 9.99. The first kappa shape index (κ1) is 16.0. The van der Waals surface area contributed by atoms with Crippen LogP contribution in [0.2, 0.25) is 0 Å². The molecule has 6 heteroatoms. The number of aliphatic hydroxyl groups excluding tert-OH is 1.